The lowest BCUT2D eigenvalue weighted by Crippen LogP contribution is -2.22. The van der Waals surface area contributed by atoms with Gasteiger partial charge in [-0.2, -0.15) is 0 Å². The van der Waals surface area contributed by atoms with Crippen LogP contribution < -0.4 is 10.9 Å². The van der Waals surface area contributed by atoms with Crippen molar-refractivity contribution in [3.8, 4) is 5.69 Å². The number of fused-ring (bicyclic) bond motifs is 2. The molecule has 0 saturated carbocycles. The van der Waals surface area contributed by atoms with Crippen LogP contribution in [0, 0.1) is 6.92 Å². The number of anilines is 1. The van der Waals surface area contributed by atoms with E-state index in [1.54, 1.807) is 22.8 Å². The molecule has 0 bridgehead atoms. The number of nitrogens with zero attached hydrogens (tertiary/aromatic N) is 2. The Bertz CT molecular complexity index is 1490. The monoisotopic (exact) mass is 535 g/mol. The van der Waals surface area contributed by atoms with E-state index in [1.807, 2.05) is 55.5 Å². The van der Waals surface area contributed by atoms with Crippen molar-refractivity contribution in [1.29, 1.82) is 0 Å². The van der Waals surface area contributed by atoms with Crippen molar-refractivity contribution in [2.24, 2.45) is 0 Å². The summed E-state index contributed by atoms with van der Waals surface area (Å²) in [4.78, 5) is 31.0. The fourth-order valence-corrected chi connectivity index (χ4v) is 4.44. The largest absolute Gasteiger partial charge is 0.321 e. The van der Waals surface area contributed by atoms with Crippen molar-refractivity contribution in [2.45, 2.75) is 6.92 Å². The SMILES string of the molecule is Cc1cccc(-n2c(/C=C3\C(=O)Nc4ccc(Br)cc43)nc3ccc(Br)cc3c2=O)c1. The number of amides is 1. The molecule has 0 saturated heterocycles. The zero-order valence-electron chi connectivity index (χ0n) is 16.3. The molecule has 0 aliphatic carbocycles. The molecular weight excluding hydrogens is 522 g/mol. The summed E-state index contributed by atoms with van der Waals surface area (Å²) in [6.07, 6.45) is 1.68. The van der Waals surface area contributed by atoms with Crippen LogP contribution in [0.2, 0.25) is 0 Å². The Labute approximate surface area is 194 Å². The number of carbonyl (C=O) groups is 1. The Morgan fingerprint density at radius 2 is 1.74 bits per heavy atom. The maximum atomic E-state index is 13.5. The zero-order valence-corrected chi connectivity index (χ0v) is 19.5. The molecule has 152 valence electrons. The molecule has 0 radical (unpaired) electrons. The summed E-state index contributed by atoms with van der Waals surface area (Å²) in [5, 5.41) is 3.37. The molecule has 0 atom stereocenters. The van der Waals surface area contributed by atoms with E-state index in [-0.39, 0.29) is 11.5 Å². The van der Waals surface area contributed by atoms with Gasteiger partial charge < -0.3 is 5.32 Å². The van der Waals surface area contributed by atoms with Crippen LogP contribution in [0.25, 0.3) is 28.2 Å². The van der Waals surface area contributed by atoms with Gasteiger partial charge in [0.2, 0.25) is 0 Å². The van der Waals surface area contributed by atoms with E-state index in [9.17, 15) is 9.59 Å². The smallest absolute Gasteiger partial charge is 0.266 e. The molecule has 1 aromatic heterocycles. The van der Waals surface area contributed by atoms with E-state index in [0.29, 0.717) is 28.0 Å². The van der Waals surface area contributed by atoms with Crippen LogP contribution in [0.15, 0.2) is 74.4 Å². The maximum absolute atomic E-state index is 13.5. The molecule has 3 aromatic carbocycles. The van der Waals surface area contributed by atoms with E-state index in [4.69, 9.17) is 4.98 Å². The Morgan fingerprint density at radius 1 is 0.968 bits per heavy atom. The Hall–Kier alpha value is -3.03. The van der Waals surface area contributed by atoms with Crippen LogP contribution in [0.5, 0.6) is 0 Å². The first-order valence-corrected chi connectivity index (χ1v) is 11.1. The summed E-state index contributed by atoms with van der Waals surface area (Å²) in [5.74, 6) is 0.164. The minimum atomic E-state index is -0.228. The highest BCUT2D eigenvalue weighted by Crippen LogP contribution is 2.35. The summed E-state index contributed by atoms with van der Waals surface area (Å²) in [6.45, 7) is 1.97. The van der Waals surface area contributed by atoms with Crippen molar-refractivity contribution in [3.63, 3.8) is 0 Å². The third-order valence-corrected chi connectivity index (χ3v) is 6.14. The standard InChI is InChI=1S/C24H15Br2N3O2/c1-13-3-2-4-16(9-13)29-22(27-21-8-6-15(26)11-19(21)24(29)31)12-18-17-10-14(25)5-7-20(17)28-23(18)30/h2-12H,1H3,(H,28,30)/b18-12-. The molecule has 1 aliphatic rings. The number of halogens is 2. The lowest BCUT2D eigenvalue weighted by molar-refractivity contribution is -0.110. The van der Waals surface area contributed by atoms with Gasteiger partial charge in [-0.15, -0.1) is 0 Å². The minimum absolute atomic E-state index is 0.198. The second-order valence-corrected chi connectivity index (χ2v) is 9.14. The number of benzene rings is 3. The number of hydrogen-bond donors (Lipinski definition) is 1. The molecule has 0 spiro atoms. The highest BCUT2D eigenvalue weighted by atomic mass is 79.9. The maximum Gasteiger partial charge on any atom is 0.266 e. The summed E-state index contributed by atoms with van der Waals surface area (Å²) < 4.78 is 3.22. The van der Waals surface area contributed by atoms with E-state index in [0.717, 1.165) is 25.8 Å². The Morgan fingerprint density at radius 3 is 2.55 bits per heavy atom. The molecule has 7 heteroatoms. The highest BCUT2D eigenvalue weighted by molar-refractivity contribution is 9.10. The Kier molecular flexibility index (Phi) is 4.87. The second kappa shape index (κ2) is 7.59. The topological polar surface area (TPSA) is 64.0 Å². The van der Waals surface area contributed by atoms with Crippen molar-refractivity contribution in [1.82, 2.24) is 9.55 Å². The number of carbonyl (C=O) groups excluding carboxylic acids is 1. The van der Waals surface area contributed by atoms with Crippen molar-refractivity contribution >= 4 is 66.0 Å². The van der Waals surface area contributed by atoms with Crippen molar-refractivity contribution < 1.29 is 4.79 Å². The molecule has 0 unspecified atom stereocenters. The van der Waals surface area contributed by atoms with Gasteiger partial charge in [0.15, 0.2) is 0 Å². The van der Waals surface area contributed by atoms with E-state index < -0.39 is 0 Å². The summed E-state index contributed by atoms with van der Waals surface area (Å²) in [5.41, 5.74) is 4.03. The third-order valence-electron chi connectivity index (χ3n) is 5.15. The quantitative estimate of drug-likeness (QED) is 0.334. The third kappa shape index (κ3) is 3.54. The van der Waals surface area contributed by atoms with Crippen molar-refractivity contribution in [3.05, 3.63) is 96.9 Å². The number of aryl methyl sites for hydroxylation is 1. The minimum Gasteiger partial charge on any atom is -0.321 e. The highest BCUT2D eigenvalue weighted by Gasteiger charge is 2.25. The van der Waals surface area contributed by atoms with Gasteiger partial charge in [-0.05, 0) is 67.1 Å². The van der Waals surface area contributed by atoms with Gasteiger partial charge in [0.1, 0.15) is 5.82 Å². The van der Waals surface area contributed by atoms with Crippen molar-refractivity contribution in [2.75, 3.05) is 5.32 Å². The predicted molar refractivity (Wildman–Crippen MR) is 130 cm³/mol. The first-order valence-electron chi connectivity index (χ1n) is 9.53. The molecule has 2 heterocycles. The molecule has 4 aromatic rings. The van der Waals surface area contributed by atoms with Gasteiger partial charge in [0.05, 0.1) is 22.2 Å². The van der Waals surface area contributed by atoms with E-state index in [2.05, 4.69) is 37.2 Å². The van der Waals surface area contributed by atoms with Gasteiger partial charge in [-0.1, -0.05) is 44.0 Å². The molecule has 5 nitrogen and oxygen atoms in total. The predicted octanol–water partition coefficient (Wildman–Crippen LogP) is 5.71. The summed E-state index contributed by atoms with van der Waals surface area (Å²) in [7, 11) is 0. The zero-order chi connectivity index (χ0) is 21.7. The average molecular weight is 537 g/mol. The van der Waals surface area contributed by atoms with Crippen LogP contribution >= 0.6 is 31.9 Å². The van der Waals surface area contributed by atoms with Crippen LogP contribution in [0.3, 0.4) is 0 Å². The van der Waals surface area contributed by atoms with Crippen LogP contribution in [0.4, 0.5) is 5.69 Å². The average Bonchev–Trinajstić information content (AvgIpc) is 3.03. The van der Waals surface area contributed by atoms with E-state index >= 15 is 0 Å². The fourth-order valence-electron chi connectivity index (χ4n) is 3.72. The van der Waals surface area contributed by atoms with Gasteiger partial charge >= 0.3 is 0 Å². The lowest BCUT2D eigenvalue weighted by Gasteiger charge is -2.13. The molecule has 31 heavy (non-hydrogen) atoms. The molecule has 1 aliphatic heterocycles. The number of nitrogens with one attached hydrogen (secondary N) is 1. The summed E-state index contributed by atoms with van der Waals surface area (Å²) in [6, 6.07) is 18.7. The fraction of sp³-hybridized carbons (Fsp3) is 0.0417. The number of hydrogen-bond acceptors (Lipinski definition) is 3. The second-order valence-electron chi connectivity index (χ2n) is 7.31. The number of rotatable bonds is 2. The van der Waals surface area contributed by atoms with Crippen LogP contribution in [-0.2, 0) is 4.79 Å². The van der Waals surface area contributed by atoms with Gasteiger partial charge in [-0.3, -0.25) is 14.2 Å². The molecule has 0 fully saturated rings. The molecule has 1 amide bonds. The first kappa shape index (κ1) is 19.9. The van der Waals surface area contributed by atoms with Gasteiger partial charge in [-0.25, -0.2) is 4.98 Å². The van der Waals surface area contributed by atoms with E-state index in [1.165, 1.54) is 0 Å². The molecule has 5 rings (SSSR count). The van der Waals surface area contributed by atoms with Crippen LogP contribution in [0.1, 0.15) is 17.0 Å². The van der Waals surface area contributed by atoms with Gasteiger partial charge in [0, 0.05) is 20.2 Å². The molecule has 1 N–H and O–H groups in total. The van der Waals surface area contributed by atoms with Crippen LogP contribution in [-0.4, -0.2) is 15.5 Å². The van der Waals surface area contributed by atoms with Gasteiger partial charge in [0.25, 0.3) is 11.5 Å². The normalized spacial score (nSPS) is 14.2. The number of aromatic nitrogens is 2. The Balaban J connectivity index is 1.83. The first-order chi connectivity index (χ1) is 14.9. The lowest BCUT2D eigenvalue weighted by atomic mass is 10.1. The summed E-state index contributed by atoms with van der Waals surface area (Å²) >= 11 is 6.90. The molecular formula is C24H15Br2N3O2.